The van der Waals surface area contributed by atoms with Gasteiger partial charge in [-0.05, 0) is 38.1 Å². The number of hydrogen-bond donors (Lipinski definition) is 1. The Balaban J connectivity index is 1.70. The van der Waals surface area contributed by atoms with Crippen molar-refractivity contribution in [3.8, 4) is 0 Å². The summed E-state index contributed by atoms with van der Waals surface area (Å²) in [5, 5.41) is 9.51. The molecule has 0 bridgehead atoms. The monoisotopic (exact) mass is 502 g/mol. The highest BCUT2D eigenvalue weighted by Gasteiger charge is 2.55. The fourth-order valence-electron chi connectivity index (χ4n) is 4.01. The Hall–Kier alpha value is -2.92. The molecule has 0 unspecified atom stereocenters. The van der Waals surface area contributed by atoms with E-state index < -0.39 is 53.5 Å². The summed E-state index contributed by atoms with van der Waals surface area (Å²) in [6.07, 6.45) is -3.48. The zero-order chi connectivity index (χ0) is 25.2. The maximum absolute atomic E-state index is 13.2. The standard InChI is InChI=1S/C25H26O9S/c1-14(26)31-20-19-18(13-30-25(2,3)34-19)32-24(35-15-9-5-4-6-10-15)21(20)33-23(29)17-12-8-7-11-16(17)22(27)28/h4-12,18-21,24H,13H2,1-3H3,(H,27,28)/t18-,19-,20+,21-,24+/m1/s1. The van der Waals surface area contributed by atoms with E-state index >= 15 is 0 Å². The first kappa shape index (κ1) is 25.2. The van der Waals surface area contributed by atoms with Crippen LogP contribution in [-0.2, 0) is 28.5 Å². The third-order valence-corrected chi connectivity index (χ3v) is 6.68. The van der Waals surface area contributed by atoms with E-state index in [1.165, 1.54) is 36.9 Å². The first-order chi connectivity index (χ1) is 16.6. The van der Waals surface area contributed by atoms with Crippen LogP contribution in [0.4, 0.5) is 0 Å². The molecule has 4 rings (SSSR count). The number of benzene rings is 2. The molecule has 1 N–H and O–H groups in total. The lowest BCUT2D eigenvalue weighted by molar-refractivity contribution is -0.350. The average Bonchev–Trinajstić information content (AvgIpc) is 2.81. The number of ether oxygens (including phenoxy) is 5. The van der Waals surface area contributed by atoms with Crippen molar-refractivity contribution >= 4 is 29.7 Å². The second-order valence-electron chi connectivity index (χ2n) is 8.56. The number of hydrogen-bond acceptors (Lipinski definition) is 9. The highest BCUT2D eigenvalue weighted by Crippen LogP contribution is 2.40. The highest BCUT2D eigenvalue weighted by atomic mass is 32.2. The van der Waals surface area contributed by atoms with Gasteiger partial charge in [-0.15, -0.1) is 0 Å². The number of fused-ring (bicyclic) bond motifs is 1. The topological polar surface area (TPSA) is 118 Å². The number of carboxylic acid groups (broad SMARTS) is 1. The predicted molar refractivity (Wildman–Crippen MR) is 124 cm³/mol. The molecule has 0 aliphatic carbocycles. The first-order valence-electron chi connectivity index (χ1n) is 11.0. The summed E-state index contributed by atoms with van der Waals surface area (Å²) in [7, 11) is 0. The van der Waals surface area contributed by atoms with Crippen molar-refractivity contribution in [1.29, 1.82) is 0 Å². The van der Waals surface area contributed by atoms with Gasteiger partial charge in [-0.3, -0.25) is 4.79 Å². The van der Waals surface area contributed by atoms with E-state index in [9.17, 15) is 19.5 Å². The van der Waals surface area contributed by atoms with Crippen molar-refractivity contribution in [1.82, 2.24) is 0 Å². The van der Waals surface area contributed by atoms with Gasteiger partial charge in [-0.1, -0.05) is 42.1 Å². The second-order valence-corrected chi connectivity index (χ2v) is 9.73. The van der Waals surface area contributed by atoms with Gasteiger partial charge < -0.3 is 28.8 Å². The van der Waals surface area contributed by atoms with E-state index in [1.807, 2.05) is 30.3 Å². The summed E-state index contributed by atoms with van der Waals surface area (Å²) >= 11 is 1.29. The number of carbonyl (C=O) groups is 3. The molecule has 0 radical (unpaired) electrons. The molecule has 2 aromatic rings. The van der Waals surface area contributed by atoms with Crippen molar-refractivity contribution in [2.45, 2.75) is 61.3 Å². The number of carbonyl (C=O) groups excluding carboxylic acids is 2. The molecular weight excluding hydrogens is 476 g/mol. The van der Waals surface area contributed by atoms with E-state index in [1.54, 1.807) is 19.9 Å². The fraction of sp³-hybridized carbons (Fsp3) is 0.400. The average molecular weight is 503 g/mol. The molecule has 2 aromatic carbocycles. The largest absolute Gasteiger partial charge is 0.478 e. The molecule has 0 amide bonds. The molecule has 35 heavy (non-hydrogen) atoms. The molecule has 0 aromatic heterocycles. The smallest absolute Gasteiger partial charge is 0.339 e. The van der Waals surface area contributed by atoms with E-state index in [0.717, 1.165) is 4.90 Å². The number of thioether (sulfide) groups is 1. The van der Waals surface area contributed by atoms with Gasteiger partial charge in [0, 0.05) is 11.8 Å². The number of rotatable bonds is 6. The Labute approximate surface area is 206 Å². The van der Waals surface area contributed by atoms with Crippen LogP contribution in [0.2, 0.25) is 0 Å². The van der Waals surface area contributed by atoms with Gasteiger partial charge >= 0.3 is 17.9 Å². The molecule has 2 heterocycles. The Kier molecular flexibility index (Phi) is 7.46. The Bertz CT molecular complexity index is 1090. The van der Waals surface area contributed by atoms with Gasteiger partial charge in [-0.25, -0.2) is 9.59 Å². The second kappa shape index (κ2) is 10.4. The van der Waals surface area contributed by atoms with Crippen LogP contribution in [-0.4, -0.2) is 65.3 Å². The molecule has 2 fully saturated rings. The molecular formula is C25H26O9S. The minimum Gasteiger partial charge on any atom is -0.478 e. The summed E-state index contributed by atoms with van der Waals surface area (Å²) in [4.78, 5) is 37.8. The summed E-state index contributed by atoms with van der Waals surface area (Å²) in [5.74, 6) is -3.71. The third-order valence-electron chi connectivity index (χ3n) is 5.52. The predicted octanol–water partition coefficient (Wildman–Crippen LogP) is 3.51. The van der Waals surface area contributed by atoms with E-state index in [2.05, 4.69) is 0 Å². The SMILES string of the molecule is CC(=O)O[C@@H]1[C@@H](OC(=O)c2ccccc2C(=O)O)[C@H](Sc2ccccc2)O[C@@H]2COC(C)(C)O[C@@H]12. The van der Waals surface area contributed by atoms with Crippen LogP contribution in [0.5, 0.6) is 0 Å². The summed E-state index contributed by atoms with van der Waals surface area (Å²) in [6.45, 7) is 4.89. The van der Waals surface area contributed by atoms with Crippen LogP contribution < -0.4 is 0 Å². The molecule has 2 aliphatic rings. The number of aromatic carboxylic acids is 1. The van der Waals surface area contributed by atoms with Crippen molar-refractivity contribution < 1.29 is 43.2 Å². The number of carboxylic acids is 1. The maximum Gasteiger partial charge on any atom is 0.339 e. The lowest BCUT2D eigenvalue weighted by Crippen LogP contribution is -2.65. The summed E-state index contributed by atoms with van der Waals surface area (Å²) in [6, 6.07) is 15.1. The van der Waals surface area contributed by atoms with Gasteiger partial charge in [0.1, 0.15) is 17.6 Å². The molecule has 0 saturated carbocycles. The molecule has 9 nitrogen and oxygen atoms in total. The van der Waals surface area contributed by atoms with Crippen molar-refractivity contribution in [2.24, 2.45) is 0 Å². The lowest BCUT2D eigenvalue weighted by atomic mass is 9.97. The van der Waals surface area contributed by atoms with Crippen LogP contribution in [0.15, 0.2) is 59.5 Å². The minimum atomic E-state index is -1.27. The van der Waals surface area contributed by atoms with Gasteiger partial charge in [0.15, 0.2) is 18.0 Å². The molecule has 2 saturated heterocycles. The first-order valence-corrected chi connectivity index (χ1v) is 11.9. The maximum atomic E-state index is 13.2. The third kappa shape index (κ3) is 5.84. The van der Waals surface area contributed by atoms with Crippen LogP contribution in [0.25, 0.3) is 0 Å². The Morgan fingerprint density at radius 2 is 1.63 bits per heavy atom. The number of esters is 2. The van der Waals surface area contributed by atoms with Crippen LogP contribution >= 0.6 is 11.8 Å². The van der Waals surface area contributed by atoms with Crippen LogP contribution in [0.3, 0.4) is 0 Å². The van der Waals surface area contributed by atoms with Gasteiger partial charge in [0.05, 0.1) is 17.7 Å². The van der Waals surface area contributed by atoms with E-state index in [0.29, 0.717) is 0 Å². The minimum absolute atomic E-state index is 0.125. The van der Waals surface area contributed by atoms with Crippen LogP contribution in [0, 0.1) is 0 Å². The zero-order valence-corrected chi connectivity index (χ0v) is 20.2. The molecule has 10 heteroatoms. The van der Waals surface area contributed by atoms with Crippen molar-refractivity contribution in [3.05, 3.63) is 65.7 Å². The molecule has 186 valence electrons. The van der Waals surface area contributed by atoms with Crippen LogP contribution in [0.1, 0.15) is 41.5 Å². The molecule has 5 atom stereocenters. The Morgan fingerprint density at radius 1 is 0.971 bits per heavy atom. The van der Waals surface area contributed by atoms with Crippen molar-refractivity contribution in [2.75, 3.05) is 6.61 Å². The Morgan fingerprint density at radius 3 is 2.29 bits per heavy atom. The van der Waals surface area contributed by atoms with Crippen molar-refractivity contribution in [3.63, 3.8) is 0 Å². The fourth-order valence-corrected chi connectivity index (χ4v) is 5.14. The zero-order valence-electron chi connectivity index (χ0n) is 19.4. The summed E-state index contributed by atoms with van der Waals surface area (Å²) < 4.78 is 29.5. The lowest BCUT2D eigenvalue weighted by Gasteiger charge is -2.50. The van der Waals surface area contributed by atoms with Gasteiger partial charge in [0.25, 0.3) is 0 Å². The highest BCUT2D eigenvalue weighted by molar-refractivity contribution is 7.99. The molecule has 2 aliphatic heterocycles. The quantitative estimate of drug-likeness (QED) is 0.588. The molecule has 0 spiro atoms. The van der Waals surface area contributed by atoms with E-state index in [4.69, 9.17) is 23.7 Å². The van der Waals surface area contributed by atoms with Gasteiger partial charge in [0.2, 0.25) is 0 Å². The van der Waals surface area contributed by atoms with Gasteiger partial charge in [-0.2, -0.15) is 0 Å². The van der Waals surface area contributed by atoms with E-state index in [-0.39, 0.29) is 17.7 Å². The summed E-state index contributed by atoms with van der Waals surface area (Å²) in [5.41, 5.74) is -1.12. The normalized spacial score (nSPS) is 27.3.